The standard InChI is InChI=1S/C22H17F3N2O.C21H14BrF3N2O/c1-3-15-10-7-11-17(12-15)19-13-18(22(23,24)25)20(26-2)21(28)27(19)14-16-8-5-4-6-9-16;1-26-19-17(21(23,24)25)11-18(16-9-5-8-15(10-16)12-22)27(20(19)28)13-14-6-3-2-4-7-14/h4-13H,3,14H2,1H3;2-11H,12-13H2. The Kier molecular flexibility index (Phi) is 12.8. The molecule has 2 heterocycles. The van der Waals surface area contributed by atoms with Crippen molar-refractivity contribution in [2.24, 2.45) is 0 Å². The summed E-state index contributed by atoms with van der Waals surface area (Å²) >= 11 is 3.33. The van der Waals surface area contributed by atoms with Crippen molar-refractivity contribution in [3.63, 3.8) is 0 Å². The van der Waals surface area contributed by atoms with Crippen molar-refractivity contribution in [1.29, 1.82) is 0 Å². The number of hydrogen-bond acceptors (Lipinski definition) is 2. The maximum absolute atomic E-state index is 13.5. The summed E-state index contributed by atoms with van der Waals surface area (Å²) in [5.74, 6) is 0. The summed E-state index contributed by atoms with van der Waals surface area (Å²) in [7, 11) is 0. The maximum Gasteiger partial charge on any atom is 0.407 e. The van der Waals surface area contributed by atoms with Gasteiger partial charge < -0.3 is 9.13 Å². The van der Waals surface area contributed by atoms with Gasteiger partial charge in [0.25, 0.3) is 22.5 Å². The Balaban J connectivity index is 0.000000214. The third kappa shape index (κ3) is 9.36. The summed E-state index contributed by atoms with van der Waals surface area (Å²) in [6.45, 7) is 16.3. The van der Waals surface area contributed by atoms with Gasteiger partial charge in [-0.15, -0.1) is 0 Å². The Morgan fingerprint density at radius 1 is 0.554 bits per heavy atom. The summed E-state index contributed by atoms with van der Waals surface area (Å²) in [4.78, 5) is 31.5. The van der Waals surface area contributed by atoms with Crippen LogP contribution < -0.4 is 11.1 Å². The summed E-state index contributed by atoms with van der Waals surface area (Å²) in [5.41, 5.74) is -1.56. The number of aromatic nitrogens is 2. The normalized spacial score (nSPS) is 11.2. The minimum atomic E-state index is -4.80. The van der Waals surface area contributed by atoms with Gasteiger partial charge >= 0.3 is 12.4 Å². The van der Waals surface area contributed by atoms with Gasteiger partial charge in [-0.3, -0.25) is 9.59 Å². The van der Waals surface area contributed by atoms with Crippen LogP contribution in [0.3, 0.4) is 0 Å². The highest BCUT2D eigenvalue weighted by Gasteiger charge is 2.37. The molecule has 0 aliphatic carbocycles. The maximum atomic E-state index is 13.5. The van der Waals surface area contributed by atoms with E-state index < -0.39 is 46.0 Å². The van der Waals surface area contributed by atoms with E-state index in [0.717, 1.165) is 34.4 Å². The van der Waals surface area contributed by atoms with Crippen LogP contribution in [0.5, 0.6) is 0 Å². The van der Waals surface area contributed by atoms with Gasteiger partial charge in [0.15, 0.2) is 0 Å². The highest BCUT2D eigenvalue weighted by Crippen LogP contribution is 2.39. The van der Waals surface area contributed by atoms with Crippen LogP contribution in [0.25, 0.3) is 32.2 Å². The molecule has 0 fully saturated rings. The lowest BCUT2D eigenvalue weighted by atomic mass is 10.0. The Hall–Kier alpha value is -6.18. The van der Waals surface area contributed by atoms with Crippen molar-refractivity contribution in [1.82, 2.24) is 9.13 Å². The van der Waals surface area contributed by atoms with Crippen LogP contribution in [0, 0.1) is 13.1 Å². The van der Waals surface area contributed by atoms with E-state index in [2.05, 4.69) is 25.6 Å². The Morgan fingerprint density at radius 2 is 0.929 bits per heavy atom. The number of pyridine rings is 2. The molecule has 56 heavy (non-hydrogen) atoms. The van der Waals surface area contributed by atoms with Crippen molar-refractivity contribution in [3.05, 3.63) is 198 Å². The van der Waals surface area contributed by atoms with Gasteiger partial charge in [-0.05, 0) is 64.1 Å². The summed E-state index contributed by atoms with van der Waals surface area (Å²) in [6.07, 6.45) is -8.88. The van der Waals surface area contributed by atoms with E-state index >= 15 is 0 Å². The first-order valence-corrected chi connectivity index (χ1v) is 18.1. The molecule has 2 aromatic heterocycles. The monoisotopic (exact) mass is 828 g/mol. The molecule has 0 amide bonds. The highest BCUT2D eigenvalue weighted by molar-refractivity contribution is 9.08. The largest absolute Gasteiger partial charge is 0.407 e. The Labute approximate surface area is 326 Å². The summed E-state index contributed by atoms with van der Waals surface area (Å²) in [5, 5.41) is 0.524. The molecule has 0 N–H and O–H groups in total. The summed E-state index contributed by atoms with van der Waals surface area (Å²) < 4.78 is 83.6. The molecule has 0 bridgehead atoms. The fourth-order valence-electron chi connectivity index (χ4n) is 6.01. The Morgan fingerprint density at radius 3 is 1.29 bits per heavy atom. The van der Waals surface area contributed by atoms with Gasteiger partial charge in [-0.25, -0.2) is 9.69 Å². The molecule has 0 aliphatic heterocycles. The highest BCUT2D eigenvalue weighted by atomic mass is 79.9. The fraction of sp³-hybridized carbons (Fsp3) is 0.163. The number of benzene rings is 4. The lowest BCUT2D eigenvalue weighted by Crippen LogP contribution is -2.25. The predicted molar refractivity (Wildman–Crippen MR) is 208 cm³/mol. The minimum absolute atomic E-state index is 0.0637. The molecule has 0 atom stereocenters. The van der Waals surface area contributed by atoms with E-state index in [4.69, 9.17) is 13.1 Å². The van der Waals surface area contributed by atoms with E-state index in [1.165, 1.54) is 9.13 Å². The molecule has 6 nitrogen and oxygen atoms in total. The number of halogens is 7. The van der Waals surface area contributed by atoms with Crippen LogP contribution in [0.2, 0.25) is 0 Å². The topological polar surface area (TPSA) is 52.7 Å². The summed E-state index contributed by atoms with van der Waals surface area (Å²) in [6, 6.07) is 33.7. The molecule has 0 unspecified atom stereocenters. The second-order valence-electron chi connectivity index (χ2n) is 12.4. The van der Waals surface area contributed by atoms with Gasteiger partial charge in [-0.1, -0.05) is 120 Å². The van der Waals surface area contributed by atoms with Crippen molar-refractivity contribution < 1.29 is 26.3 Å². The molecule has 6 aromatic rings. The van der Waals surface area contributed by atoms with E-state index in [0.29, 0.717) is 22.9 Å². The average molecular weight is 830 g/mol. The van der Waals surface area contributed by atoms with Crippen LogP contribution in [0.15, 0.2) is 131 Å². The smallest absolute Gasteiger partial charge is 0.313 e. The number of alkyl halides is 7. The number of hydrogen-bond donors (Lipinski definition) is 0. The van der Waals surface area contributed by atoms with Gasteiger partial charge in [0.1, 0.15) is 0 Å². The average Bonchev–Trinajstić information content (AvgIpc) is 3.19. The zero-order chi connectivity index (χ0) is 40.6. The number of aryl methyl sites for hydroxylation is 1. The zero-order valence-electron chi connectivity index (χ0n) is 29.6. The molecule has 284 valence electrons. The lowest BCUT2D eigenvalue weighted by Gasteiger charge is -2.18. The van der Waals surface area contributed by atoms with Gasteiger partial charge in [-0.2, -0.15) is 26.3 Å². The Bertz CT molecular complexity index is 2370. The molecule has 13 heteroatoms. The zero-order valence-corrected chi connectivity index (χ0v) is 31.2. The number of rotatable bonds is 8. The van der Waals surface area contributed by atoms with E-state index in [9.17, 15) is 35.9 Å². The molecule has 6 rings (SSSR count). The van der Waals surface area contributed by atoms with Gasteiger partial charge in [0.2, 0.25) is 0 Å². The molecule has 0 spiro atoms. The molecule has 0 radical (unpaired) electrons. The third-order valence-corrected chi connectivity index (χ3v) is 9.41. The van der Waals surface area contributed by atoms with Gasteiger partial charge in [0, 0.05) is 29.8 Å². The van der Waals surface area contributed by atoms with Crippen LogP contribution >= 0.6 is 15.9 Å². The van der Waals surface area contributed by atoms with Crippen LogP contribution in [-0.4, -0.2) is 9.13 Å². The minimum Gasteiger partial charge on any atom is -0.313 e. The van der Waals surface area contributed by atoms with Gasteiger partial charge in [0.05, 0.1) is 24.3 Å². The second kappa shape index (κ2) is 17.5. The van der Waals surface area contributed by atoms with Crippen molar-refractivity contribution in [2.45, 2.75) is 44.1 Å². The molecule has 4 aromatic carbocycles. The molecule has 0 saturated heterocycles. The van der Waals surface area contributed by atoms with Crippen LogP contribution in [0.4, 0.5) is 37.7 Å². The predicted octanol–water partition coefficient (Wildman–Crippen LogP) is 11.7. The number of nitrogens with zero attached hydrogens (tertiary/aromatic N) is 4. The SMILES string of the molecule is [C-]#[N+]c1c(C(F)(F)F)cc(-c2cccc(CBr)c2)n(Cc2ccccc2)c1=O.[C-]#[N+]c1c(C(F)(F)F)cc(-c2cccc(CC)c2)n(Cc2ccccc2)c1=O. The molecule has 0 saturated carbocycles. The van der Waals surface area contributed by atoms with Crippen molar-refractivity contribution >= 4 is 27.3 Å². The second-order valence-corrected chi connectivity index (χ2v) is 13.0. The van der Waals surface area contributed by atoms with Crippen molar-refractivity contribution in [2.75, 3.05) is 0 Å². The fourth-order valence-corrected chi connectivity index (χ4v) is 6.36. The molecular formula is C43H31BrF6N4O2. The van der Waals surface area contributed by atoms with E-state index in [-0.39, 0.29) is 24.5 Å². The van der Waals surface area contributed by atoms with Crippen LogP contribution in [0.1, 0.15) is 40.3 Å². The first-order chi connectivity index (χ1) is 26.7. The first-order valence-electron chi connectivity index (χ1n) is 17.0. The quantitative estimate of drug-likeness (QED) is 0.0872. The van der Waals surface area contributed by atoms with Crippen LogP contribution in [-0.2, 0) is 37.2 Å². The van der Waals surface area contributed by atoms with Crippen molar-refractivity contribution in [3.8, 4) is 22.5 Å². The lowest BCUT2D eigenvalue weighted by molar-refractivity contribution is -0.137. The molecule has 0 aliphatic rings. The van der Waals surface area contributed by atoms with E-state index in [1.54, 1.807) is 84.9 Å². The molecular weight excluding hydrogens is 798 g/mol. The third-order valence-electron chi connectivity index (χ3n) is 8.76. The first kappa shape index (κ1) is 41.0. The van der Waals surface area contributed by atoms with E-state index in [1.807, 2.05) is 31.2 Å².